The standard InChI is InChI=1S/C8H10ClNO2/c1-2-5-10(6-3-4-9)7-8(11)12/h1,3-4H,5-7H2,(H,11,12). The highest BCUT2D eigenvalue weighted by Crippen LogP contribution is 1.89. The van der Waals surface area contributed by atoms with E-state index < -0.39 is 5.97 Å². The predicted molar refractivity (Wildman–Crippen MR) is 47.9 cm³/mol. The van der Waals surface area contributed by atoms with Gasteiger partial charge in [-0.3, -0.25) is 9.69 Å². The van der Waals surface area contributed by atoms with Crippen LogP contribution >= 0.6 is 11.6 Å². The Labute approximate surface area is 76.6 Å². The molecule has 0 aliphatic carbocycles. The molecule has 1 N–H and O–H groups in total. The van der Waals surface area contributed by atoms with Gasteiger partial charge in [0.25, 0.3) is 0 Å². The molecule has 0 aromatic rings. The summed E-state index contributed by atoms with van der Waals surface area (Å²) in [5.74, 6) is 1.47. The van der Waals surface area contributed by atoms with E-state index in [1.165, 1.54) is 5.54 Å². The molecular formula is C8H10ClNO2. The summed E-state index contributed by atoms with van der Waals surface area (Å²) in [7, 11) is 0. The van der Waals surface area contributed by atoms with Crippen molar-refractivity contribution in [2.45, 2.75) is 0 Å². The van der Waals surface area contributed by atoms with Crippen LogP contribution in [0.25, 0.3) is 0 Å². The van der Waals surface area contributed by atoms with E-state index >= 15 is 0 Å². The number of carbonyl (C=O) groups is 1. The first kappa shape index (κ1) is 11.0. The van der Waals surface area contributed by atoms with Gasteiger partial charge >= 0.3 is 5.97 Å². The fourth-order valence-corrected chi connectivity index (χ4v) is 0.774. The first-order chi connectivity index (χ1) is 5.70. The molecule has 0 fully saturated rings. The van der Waals surface area contributed by atoms with Crippen molar-refractivity contribution in [1.29, 1.82) is 0 Å². The van der Waals surface area contributed by atoms with Crippen molar-refractivity contribution in [3.05, 3.63) is 11.6 Å². The summed E-state index contributed by atoms with van der Waals surface area (Å²) in [6.07, 6.45) is 6.68. The van der Waals surface area contributed by atoms with Crippen molar-refractivity contribution in [3.63, 3.8) is 0 Å². The minimum absolute atomic E-state index is 0.0641. The lowest BCUT2D eigenvalue weighted by atomic mass is 10.4. The van der Waals surface area contributed by atoms with Gasteiger partial charge in [-0.25, -0.2) is 0 Å². The number of hydrogen-bond donors (Lipinski definition) is 1. The highest BCUT2D eigenvalue weighted by molar-refractivity contribution is 6.25. The second-order valence-corrected chi connectivity index (χ2v) is 2.38. The van der Waals surface area contributed by atoms with E-state index in [9.17, 15) is 4.79 Å². The molecule has 0 unspecified atom stereocenters. The molecule has 4 heteroatoms. The first-order valence-electron chi connectivity index (χ1n) is 3.33. The Balaban J connectivity index is 3.87. The van der Waals surface area contributed by atoms with Crippen molar-refractivity contribution in [1.82, 2.24) is 4.90 Å². The Morgan fingerprint density at radius 2 is 2.42 bits per heavy atom. The Kier molecular flexibility index (Phi) is 6.16. The molecule has 0 saturated carbocycles. The molecule has 66 valence electrons. The zero-order valence-electron chi connectivity index (χ0n) is 6.53. The van der Waals surface area contributed by atoms with Crippen molar-refractivity contribution >= 4 is 17.6 Å². The molecule has 3 nitrogen and oxygen atoms in total. The Morgan fingerprint density at radius 1 is 1.75 bits per heavy atom. The van der Waals surface area contributed by atoms with Crippen LogP contribution in [0.15, 0.2) is 11.6 Å². The van der Waals surface area contributed by atoms with Crippen LogP contribution in [0, 0.1) is 12.3 Å². The normalized spacial score (nSPS) is 10.4. The van der Waals surface area contributed by atoms with Gasteiger partial charge in [-0.15, -0.1) is 6.42 Å². The lowest BCUT2D eigenvalue weighted by Gasteiger charge is -2.13. The summed E-state index contributed by atoms with van der Waals surface area (Å²) in [4.78, 5) is 11.9. The summed E-state index contributed by atoms with van der Waals surface area (Å²) in [6.45, 7) is 0.707. The van der Waals surface area contributed by atoms with Gasteiger partial charge in [0.15, 0.2) is 0 Å². The summed E-state index contributed by atoms with van der Waals surface area (Å²) in [6, 6.07) is 0. The second kappa shape index (κ2) is 6.71. The van der Waals surface area contributed by atoms with E-state index in [0.29, 0.717) is 13.1 Å². The van der Waals surface area contributed by atoms with Gasteiger partial charge in [0, 0.05) is 12.1 Å². The molecule has 0 bridgehead atoms. The van der Waals surface area contributed by atoms with Gasteiger partial charge in [-0.1, -0.05) is 23.6 Å². The quantitative estimate of drug-likeness (QED) is 0.646. The molecule has 0 amide bonds. The van der Waals surface area contributed by atoms with Crippen LogP contribution in [-0.4, -0.2) is 35.6 Å². The zero-order chi connectivity index (χ0) is 9.40. The van der Waals surface area contributed by atoms with Gasteiger partial charge < -0.3 is 5.11 Å². The van der Waals surface area contributed by atoms with Crippen LogP contribution < -0.4 is 0 Å². The van der Waals surface area contributed by atoms with Crippen LogP contribution in [0.3, 0.4) is 0 Å². The summed E-state index contributed by atoms with van der Waals surface area (Å²) in [5.41, 5.74) is 1.34. The van der Waals surface area contributed by atoms with Crippen molar-refractivity contribution in [2.24, 2.45) is 0 Å². The van der Waals surface area contributed by atoms with E-state index in [4.69, 9.17) is 23.1 Å². The van der Waals surface area contributed by atoms with E-state index in [0.717, 1.165) is 0 Å². The number of nitrogens with zero attached hydrogens (tertiary/aromatic N) is 1. The third-order valence-corrected chi connectivity index (χ3v) is 1.30. The largest absolute Gasteiger partial charge is 0.480 e. The van der Waals surface area contributed by atoms with Gasteiger partial charge in [-0.05, 0) is 0 Å². The molecule has 0 spiro atoms. The van der Waals surface area contributed by atoms with Crippen LogP contribution in [-0.2, 0) is 4.79 Å². The Morgan fingerprint density at radius 3 is 2.83 bits per heavy atom. The predicted octanol–water partition coefficient (Wildman–Crippen LogP) is 0.759. The zero-order valence-corrected chi connectivity index (χ0v) is 7.29. The van der Waals surface area contributed by atoms with Gasteiger partial charge in [0.05, 0.1) is 13.1 Å². The first-order valence-corrected chi connectivity index (χ1v) is 3.77. The van der Waals surface area contributed by atoms with Crippen LogP contribution in [0.1, 0.15) is 0 Å². The third-order valence-electron chi connectivity index (χ3n) is 1.13. The molecule has 12 heavy (non-hydrogen) atoms. The number of terminal acetylenes is 1. The minimum Gasteiger partial charge on any atom is -0.480 e. The molecule has 0 radical (unpaired) electrons. The Hall–Kier alpha value is -0.980. The third kappa shape index (κ3) is 5.78. The summed E-state index contributed by atoms with van der Waals surface area (Å²) >= 11 is 5.28. The molecule has 0 rings (SSSR count). The van der Waals surface area contributed by atoms with E-state index in [1.54, 1.807) is 11.0 Å². The molecule has 0 aromatic heterocycles. The number of rotatable bonds is 5. The summed E-state index contributed by atoms with van der Waals surface area (Å²) < 4.78 is 0. The SMILES string of the molecule is C#CCN(CC=CCl)CC(=O)O. The average Bonchev–Trinajstić information content (AvgIpc) is 2.00. The number of carboxylic acids is 1. The number of aliphatic carboxylic acids is 1. The van der Waals surface area contributed by atoms with Crippen LogP contribution in [0.5, 0.6) is 0 Å². The van der Waals surface area contributed by atoms with Gasteiger partial charge in [-0.2, -0.15) is 0 Å². The minimum atomic E-state index is -0.895. The number of carboxylic acid groups (broad SMARTS) is 1. The number of halogens is 1. The molecule has 0 aliphatic heterocycles. The summed E-state index contributed by atoms with van der Waals surface area (Å²) in [5, 5.41) is 8.44. The molecule has 0 atom stereocenters. The van der Waals surface area contributed by atoms with Crippen molar-refractivity contribution in [3.8, 4) is 12.3 Å². The Bertz CT molecular complexity index is 208. The van der Waals surface area contributed by atoms with E-state index in [2.05, 4.69) is 5.92 Å². The van der Waals surface area contributed by atoms with E-state index in [1.807, 2.05) is 0 Å². The average molecular weight is 188 g/mol. The maximum Gasteiger partial charge on any atom is 0.317 e. The second-order valence-electron chi connectivity index (χ2n) is 2.13. The topological polar surface area (TPSA) is 40.5 Å². The van der Waals surface area contributed by atoms with Gasteiger partial charge in [0.2, 0.25) is 0 Å². The highest BCUT2D eigenvalue weighted by Gasteiger charge is 2.05. The van der Waals surface area contributed by atoms with Crippen molar-refractivity contribution < 1.29 is 9.90 Å². The number of hydrogen-bond acceptors (Lipinski definition) is 2. The molecular weight excluding hydrogens is 178 g/mol. The monoisotopic (exact) mass is 187 g/mol. The maximum absolute atomic E-state index is 10.3. The van der Waals surface area contributed by atoms with Gasteiger partial charge in [0.1, 0.15) is 0 Å². The van der Waals surface area contributed by atoms with Crippen LogP contribution in [0.2, 0.25) is 0 Å². The molecule has 0 heterocycles. The van der Waals surface area contributed by atoms with E-state index in [-0.39, 0.29) is 6.54 Å². The fourth-order valence-electron chi connectivity index (χ4n) is 0.694. The highest BCUT2D eigenvalue weighted by atomic mass is 35.5. The lowest BCUT2D eigenvalue weighted by molar-refractivity contribution is -0.138. The molecule has 0 aliphatic rings. The molecule has 0 aromatic carbocycles. The smallest absolute Gasteiger partial charge is 0.317 e. The van der Waals surface area contributed by atoms with Crippen LogP contribution in [0.4, 0.5) is 0 Å². The lowest BCUT2D eigenvalue weighted by Crippen LogP contribution is -2.30. The maximum atomic E-state index is 10.3. The van der Waals surface area contributed by atoms with Crippen molar-refractivity contribution in [2.75, 3.05) is 19.6 Å². The molecule has 0 saturated heterocycles. The fraction of sp³-hybridized carbons (Fsp3) is 0.375.